The van der Waals surface area contributed by atoms with Crippen LogP contribution in [0, 0.1) is 0 Å². The van der Waals surface area contributed by atoms with E-state index in [1.807, 2.05) is 31.2 Å². The number of nitrogens with zero attached hydrogens (tertiary/aromatic N) is 1. The molecule has 0 saturated heterocycles. The Morgan fingerprint density at radius 1 is 1.53 bits per heavy atom. The van der Waals surface area contributed by atoms with Gasteiger partial charge in [0.05, 0.1) is 12.5 Å². The third-order valence-electron chi connectivity index (χ3n) is 2.58. The van der Waals surface area contributed by atoms with Gasteiger partial charge in [-0.15, -0.1) is 0 Å². The standard InChI is InChI=1S/C13H16N2O4/c1-2-18-9(7-12(16)17)8-14-13-15-10-5-3-4-6-11(10)19-13/h3-6,9H,2,7-8H2,1H3,(H,14,15)(H,16,17). The molecule has 0 aliphatic heterocycles. The van der Waals surface area contributed by atoms with E-state index < -0.39 is 12.1 Å². The number of anilines is 1. The van der Waals surface area contributed by atoms with E-state index in [9.17, 15) is 4.79 Å². The normalized spacial score (nSPS) is 12.5. The first-order valence-electron chi connectivity index (χ1n) is 6.12. The lowest BCUT2D eigenvalue weighted by Crippen LogP contribution is -2.26. The Balaban J connectivity index is 1.97. The highest BCUT2D eigenvalue weighted by atomic mass is 16.5. The molecular formula is C13H16N2O4. The van der Waals surface area contributed by atoms with Gasteiger partial charge >= 0.3 is 5.97 Å². The Labute approximate surface area is 110 Å². The summed E-state index contributed by atoms with van der Waals surface area (Å²) in [4.78, 5) is 14.9. The Hall–Kier alpha value is -2.08. The van der Waals surface area contributed by atoms with Gasteiger partial charge in [-0.3, -0.25) is 4.79 Å². The van der Waals surface area contributed by atoms with Crippen LogP contribution < -0.4 is 5.32 Å². The van der Waals surface area contributed by atoms with Gasteiger partial charge in [0.1, 0.15) is 5.52 Å². The minimum absolute atomic E-state index is 0.0545. The molecule has 1 atom stereocenters. The molecule has 1 unspecified atom stereocenters. The number of carbonyl (C=O) groups is 1. The molecule has 0 amide bonds. The Kier molecular flexibility index (Phi) is 4.35. The molecule has 102 valence electrons. The molecule has 2 aromatic rings. The van der Waals surface area contributed by atoms with Crippen LogP contribution in [0.25, 0.3) is 11.1 Å². The maximum Gasteiger partial charge on any atom is 0.306 e. The third-order valence-corrected chi connectivity index (χ3v) is 2.58. The molecule has 0 aliphatic rings. The second-order valence-corrected chi connectivity index (χ2v) is 4.04. The maximum atomic E-state index is 10.7. The van der Waals surface area contributed by atoms with E-state index in [4.69, 9.17) is 14.3 Å². The highest BCUT2D eigenvalue weighted by Crippen LogP contribution is 2.18. The lowest BCUT2D eigenvalue weighted by Gasteiger charge is -2.14. The van der Waals surface area contributed by atoms with Crippen molar-refractivity contribution in [2.45, 2.75) is 19.4 Å². The van der Waals surface area contributed by atoms with Crippen molar-refractivity contribution >= 4 is 23.1 Å². The fourth-order valence-electron chi connectivity index (χ4n) is 1.77. The molecule has 6 nitrogen and oxygen atoms in total. The van der Waals surface area contributed by atoms with Crippen LogP contribution in [0.1, 0.15) is 13.3 Å². The van der Waals surface area contributed by atoms with Gasteiger partial charge < -0.3 is 19.6 Å². The Bertz CT molecular complexity index is 519. The predicted molar refractivity (Wildman–Crippen MR) is 70.2 cm³/mol. The molecule has 2 rings (SSSR count). The van der Waals surface area contributed by atoms with Crippen LogP contribution in [0.2, 0.25) is 0 Å². The van der Waals surface area contributed by atoms with Crippen LogP contribution in [0.15, 0.2) is 28.7 Å². The predicted octanol–water partition coefficient (Wildman–Crippen LogP) is 2.12. The monoisotopic (exact) mass is 264 g/mol. The molecule has 0 bridgehead atoms. The molecule has 0 saturated carbocycles. The molecule has 1 aromatic heterocycles. The molecule has 0 radical (unpaired) electrons. The van der Waals surface area contributed by atoms with Gasteiger partial charge in [-0.05, 0) is 19.1 Å². The quantitative estimate of drug-likeness (QED) is 0.796. The number of aromatic nitrogens is 1. The number of hydrogen-bond donors (Lipinski definition) is 2. The Morgan fingerprint density at radius 3 is 3.00 bits per heavy atom. The maximum absolute atomic E-state index is 10.7. The van der Waals surface area contributed by atoms with E-state index in [2.05, 4.69) is 10.3 Å². The number of hydrogen-bond acceptors (Lipinski definition) is 5. The fraction of sp³-hybridized carbons (Fsp3) is 0.385. The Morgan fingerprint density at radius 2 is 2.32 bits per heavy atom. The second-order valence-electron chi connectivity index (χ2n) is 4.04. The van der Waals surface area contributed by atoms with Gasteiger partial charge in [-0.25, -0.2) is 0 Å². The van der Waals surface area contributed by atoms with Crippen molar-refractivity contribution in [3.05, 3.63) is 24.3 Å². The minimum Gasteiger partial charge on any atom is -0.481 e. The van der Waals surface area contributed by atoms with Gasteiger partial charge in [0, 0.05) is 13.2 Å². The lowest BCUT2D eigenvalue weighted by molar-refractivity contribution is -0.139. The summed E-state index contributed by atoms with van der Waals surface area (Å²) in [5, 5.41) is 11.7. The van der Waals surface area contributed by atoms with Crippen molar-refractivity contribution < 1.29 is 19.1 Å². The number of carboxylic acid groups (broad SMARTS) is 1. The first-order chi connectivity index (χ1) is 9.19. The van der Waals surface area contributed by atoms with E-state index in [1.54, 1.807) is 0 Å². The van der Waals surface area contributed by atoms with Crippen LogP contribution in [0.5, 0.6) is 0 Å². The number of ether oxygens (including phenoxy) is 1. The third kappa shape index (κ3) is 3.69. The number of oxazole rings is 1. The van der Waals surface area contributed by atoms with Crippen LogP contribution in [0.3, 0.4) is 0 Å². The summed E-state index contributed by atoms with van der Waals surface area (Å²) < 4.78 is 10.8. The zero-order valence-corrected chi connectivity index (χ0v) is 10.6. The lowest BCUT2D eigenvalue weighted by atomic mass is 10.2. The van der Waals surface area contributed by atoms with Crippen molar-refractivity contribution in [2.24, 2.45) is 0 Å². The number of rotatable bonds is 7. The van der Waals surface area contributed by atoms with Crippen LogP contribution >= 0.6 is 0 Å². The molecule has 0 spiro atoms. The molecular weight excluding hydrogens is 248 g/mol. The number of aliphatic carboxylic acids is 1. The summed E-state index contributed by atoms with van der Waals surface area (Å²) >= 11 is 0. The summed E-state index contributed by atoms with van der Waals surface area (Å²) in [6.07, 6.45) is -0.460. The van der Waals surface area contributed by atoms with Crippen LogP contribution in [0.4, 0.5) is 6.01 Å². The highest BCUT2D eigenvalue weighted by molar-refractivity contribution is 5.74. The summed E-state index contributed by atoms with van der Waals surface area (Å²) in [5.74, 6) is -0.891. The number of nitrogens with one attached hydrogen (secondary N) is 1. The first-order valence-corrected chi connectivity index (χ1v) is 6.12. The summed E-state index contributed by atoms with van der Waals surface area (Å²) in [5.41, 5.74) is 1.45. The highest BCUT2D eigenvalue weighted by Gasteiger charge is 2.14. The molecule has 1 heterocycles. The topological polar surface area (TPSA) is 84.6 Å². The zero-order chi connectivity index (χ0) is 13.7. The van der Waals surface area contributed by atoms with E-state index in [0.717, 1.165) is 5.52 Å². The van der Waals surface area contributed by atoms with E-state index in [1.165, 1.54) is 0 Å². The van der Waals surface area contributed by atoms with Crippen LogP contribution in [-0.4, -0.2) is 35.3 Å². The molecule has 0 aliphatic carbocycles. The number of fused-ring (bicyclic) bond motifs is 1. The van der Waals surface area contributed by atoms with Crippen LogP contribution in [-0.2, 0) is 9.53 Å². The van der Waals surface area contributed by atoms with E-state index in [-0.39, 0.29) is 6.42 Å². The SMILES string of the molecule is CCOC(CNc1nc2ccccc2o1)CC(=O)O. The summed E-state index contributed by atoms with van der Waals surface area (Å²) in [6.45, 7) is 2.63. The molecule has 6 heteroatoms. The molecule has 1 aromatic carbocycles. The van der Waals surface area contributed by atoms with Gasteiger partial charge in [0.2, 0.25) is 0 Å². The van der Waals surface area contributed by atoms with Gasteiger partial charge in [0.25, 0.3) is 6.01 Å². The smallest absolute Gasteiger partial charge is 0.306 e. The van der Waals surface area contributed by atoms with Crippen molar-refractivity contribution in [1.29, 1.82) is 0 Å². The van der Waals surface area contributed by atoms with Crippen molar-refractivity contribution in [3.8, 4) is 0 Å². The van der Waals surface area contributed by atoms with Crippen molar-refractivity contribution in [1.82, 2.24) is 4.98 Å². The summed E-state index contributed by atoms with van der Waals surface area (Å²) in [6, 6.07) is 7.79. The van der Waals surface area contributed by atoms with E-state index in [0.29, 0.717) is 24.7 Å². The number of para-hydroxylation sites is 2. The number of carboxylic acids is 1. The number of benzene rings is 1. The van der Waals surface area contributed by atoms with Gasteiger partial charge in [-0.2, -0.15) is 4.98 Å². The molecule has 0 fully saturated rings. The second kappa shape index (κ2) is 6.19. The largest absolute Gasteiger partial charge is 0.481 e. The fourth-order valence-corrected chi connectivity index (χ4v) is 1.77. The zero-order valence-electron chi connectivity index (χ0n) is 10.6. The molecule has 19 heavy (non-hydrogen) atoms. The average molecular weight is 264 g/mol. The first kappa shape index (κ1) is 13.4. The van der Waals surface area contributed by atoms with Crippen molar-refractivity contribution in [3.63, 3.8) is 0 Å². The minimum atomic E-state index is -0.891. The summed E-state index contributed by atoms with van der Waals surface area (Å²) in [7, 11) is 0. The average Bonchev–Trinajstić information content (AvgIpc) is 2.78. The van der Waals surface area contributed by atoms with Crippen molar-refractivity contribution in [2.75, 3.05) is 18.5 Å². The molecule has 2 N–H and O–H groups in total. The van der Waals surface area contributed by atoms with E-state index >= 15 is 0 Å². The van der Waals surface area contributed by atoms with Gasteiger partial charge in [-0.1, -0.05) is 12.1 Å². The van der Waals surface area contributed by atoms with Gasteiger partial charge in [0.15, 0.2) is 5.58 Å².